The topological polar surface area (TPSA) is 89.5 Å². The van der Waals surface area contributed by atoms with Gasteiger partial charge in [0.2, 0.25) is 0 Å². The monoisotopic (exact) mass is 658 g/mol. The average molecular weight is 657 g/mol. The molecule has 0 saturated carbocycles. The van der Waals surface area contributed by atoms with Gasteiger partial charge in [-0.3, -0.25) is 0 Å². The molecule has 0 aliphatic carbocycles. The van der Waals surface area contributed by atoms with Crippen molar-refractivity contribution in [3.05, 3.63) is 71.8 Å². The molecule has 6 heteroatoms. The van der Waals surface area contributed by atoms with Crippen LogP contribution in [0, 0.1) is 11.8 Å². The predicted molar refractivity (Wildman–Crippen MR) is 161 cm³/mol. The molecule has 0 aliphatic rings. The maximum atomic E-state index is 11.7. The van der Waals surface area contributed by atoms with Gasteiger partial charge < -0.3 is 24.5 Å². The Morgan fingerprint density at radius 3 is 1.65 bits per heavy atom. The summed E-state index contributed by atoms with van der Waals surface area (Å²) >= 11 is -0.0388. The number of benzene rings is 2. The average Bonchev–Trinajstić information content (AvgIpc) is 2.96. The first-order chi connectivity index (χ1) is 19.3. The van der Waals surface area contributed by atoms with Crippen molar-refractivity contribution in [2.45, 2.75) is 113 Å². The van der Waals surface area contributed by atoms with Gasteiger partial charge >= 0.3 is 121 Å². The Morgan fingerprint density at radius 2 is 1.25 bits per heavy atom. The van der Waals surface area contributed by atoms with Gasteiger partial charge in [-0.1, -0.05) is 60.7 Å². The van der Waals surface area contributed by atoms with Crippen LogP contribution >= 0.6 is 0 Å². The van der Waals surface area contributed by atoms with E-state index in [1.807, 2.05) is 6.07 Å². The minimum absolute atomic E-state index is 0.0328. The van der Waals surface area contributed by atoms with Gasteiger partial charge in [-0.2, -0.15) is 0 Å². The number of carbonyl (C=O) groups excluding carboxylic acids is 2. The van der Waals surface area contributed by atoms with E-state index in [0.29, 0.717) is 5.56 Å². The van der Waals surface area contributed by atoms with Gasteiger partial charge in [0.05, 0.1) is 12.6 Å². The predicted octanol–water partition coefficient (Wildman–Crippen LogP) is 6.03. The van der Waals surface area contributed by atoms with Gasteiger partial charge in [-0.15, -0.1) is 0 Å². The van der Waals surface area contributed by atoms with Crippen LogP contribution in [0.25, 0.3) is 0 Å². The SMILES string of the molecule is CCCCC(CC)[CH2][Sn+2][CH2]C(CC)CCCC.O=C([O-])CC(Cc1ccccc1)(OCc1ccccc1)C(=O)[O-]. The van der Waals surface area contributed by atoms with Crippen LogP contribution in [0.2, 0.25) is 8.87 Å². The molecule has 0 N–H and O–H groups in total. The van der Waals surface area contributed by atoms with Crippen LogP contribution in [0.1, 0.15) is 96.6 Å². The van der Waals surface area contributed by atoms with Crippen molar-refractivity contribution in [1.29, 1.82) is 0 Å². The van der Waals surface area contributed by atoms with Gasteiger partial charge in [-0.25, -0.2) is 0 Å². The molecule has 0 bridgehead atoms. The zero-order valence-corrected chi connectivity index (χ0v) is 28.0. The van der Waals surface area contributed by atoms with E-state index >= 15 is 0 Å². The first kappa shape index (κ1) is 36.2. The van der Waals surface area contributed by atoms with E-state index in [9.17, 15) is 19.8 Å². The smallest absolute Gasteiger partial charge is 0.117 e. The molecule has 3 atom stereocenters. The van der Waals surface area contributed by atoms with Crippen molar-refractivity contribution in [2.24, 2.45) is 11.8 Å². The number of aliphatic carboxylic acids is 2. The number of rotatable bonds is 20. The van der Waals surface area contributed by atoms with Crippen LogP contribution in [0.4, 0.5) is 0 Å². The van der Waals surface area contributed by atoms with Gasteiger partial charge in [-0.05, 0) is 11.1 Å². The summed E-state index contributed by atoms with van der Waals surface area (Å²) in [4.78, 5) is 22.7. The fourth-order valence-corrected chi connectivity index (χ4v) is 10.3. The molecule has 3 unspecified atom stereocenters. The van der Waals surface area contributed by atoms with E-state index in [1.54, 1.807) is 63.5 Å². The molecule has 0 heterocycles. The standard InChI is InChI=1S/C18H18O5.2C8H17.Sn/c19-16(20)12-18(17(21)22,11-14-7-3-1-4-8-14)23-13-15-9-5-2-6-10-15;2*1-4-6-7-8(3)5-2;/h1-10H,11-13H2,(H,19,20)(H,21,22);2*8H,3-7H2,1-2H3;/q;;;+2/p-2. The summed E-state index contributed by atoms with van der Waals surface area (Å²) in [6.07, 6.45) is 10.7. The molecular weight excluding hydrogens is 607 g/mol. The quantitative estimate of drug-likeness (QED) is 0.162. The maximum Gasteiger partial charge on any atom is 0.117 e. The van der Waals surface area contributed by atoms with Crippen molar-refractivity contribution in [3.8, 4) is 0 Å². The maximum absolute atomic E-state index is 11.7. The molecule has 220 valence electrons. The Morgan fingerprint density at radius 1 is 0.775 bits per heavy atom. The van der Waals surface area contributed by atoms with E-state index in [4.69, 9.17) is 4.74 Å². The summed E-state index contributed by atoms with van der Waals surface area (Å²) in [7, 11) is 0. The number of hydrogen-bond acceptors (Lipinski definition) is 5. The van der Waals surface area contributed by atoms with Crippen LogP contribution < -0.4 is 10.2 Å². The largest absolute Gasteiger partial charge is 0.550 e. The number of carboxylic acid groups (broad SMARTS) is 2. The van der Waals surface area contributed by atoms with E-state index in [0.717, 1.165) is 17.4 Å². The van der Waals surface area contributed by atoms with Crippen molar-refractivity contribution in [3.63, 3.8) is 0 Å². The van der Waals surface area contributed by atoms with Gasteiger partial charge in [0.1, 0.15) is 5.60 Å². The van der Waals surface area contributed by atoms with Gasteiger partial charge in [0.15, 0.2) is 0 Å². The Kier molecular flexibility index (Phi) is 19.7. The molecule has 2 aromatic rings. The van der Waals surface area contributed by atoms with Crippen LogP contribution in [-0.2, 0) is 27.4 Å². The fourth-order valence-electron chi connectivity index (χ4n) is 4.70. The summed E-state index contributed by atoms with van der Waals surface area (Å²) in [5.41, 5.74) is -0.591. The molecule has 0 aromatic heterocycles. The second-order valence-corrected chi connectivity index (χ2v) is 14.5. The molecule has 0 aliphatic heterocycles. The molecule has 40 heavy (non-hydrogen) atoms. The van der Waals surface area contributed by atoms with Crippen LogP contribution in [0.15, 0.2) is 60.7 Å². The second-order valence-electron chi connectivity index (χ2n) is 10.8. The second kappa shape index (κ2) is 21.8. The molecule has 5 nitrogen and oxygen atoms in total. The first-order valence-corrected chi connectivity index (χ1v) is 19.2. The van der Waals surface area contributed by atoms with Crippen molar-refractivity contribution in [2.75, 3.05) is 0 Å². The normalized spacial score (nSPS) is 13.7. The summed E-state index contributed by atoms with van der Waals surface area (Å²) in [5, 5.41) is 22.7. The minimum Gasteiger partial charge on any atom is -0.550 e. The number of hydrogen-bond donors (Lipinski definition) is 0. The van der Waals surface area contributed by atoms with Crippen molar-refractivity contribution < 1.29 is 24.5 Å². The molecule has 0 amide bonds. The van der Waals surface area contributed by atoms with E-state index < -0.39 is 24.0 Å². The zero-order chi connectivity index (χ0) is 29.6. The Labute approximate surface area is 253 Å². The van der Waals surface area contributed by atoms with E-state index in [2.05, 4.69) is 27.7 Å². The Bertz CT molecular complexity index is 904. The molecule has 0 radical (unpaired) electrons. The Balaban J connectivity index is 0.000000421. The number of unbranched alkanes of at least 4 members (excludes halogenated alkanes) is 2. The number of carboxylic acids is 2. The van der Waals surface area contributed by atoms with Crippen molar-refractivity contribution >= 4 is 33.1 Å². The van der Waals surface area contributed by atoms with Crippen molar-refractivity contribution in [1.82, 2.24) is 0 Å². The zero-order valence-electron chi connectivity index (χ0n) is 25.2. The third kappa shape index (κ3) is 15.2. The molecule has 2 rings (SSSR count). The summed E-state index contributed by atoms with van der Waals surface area (Å²) in [6.45, 7) is 9.41. The van der Waals surface area contributed by atoms with E-state index in [1.165, 1.54) is 51.4 Å². The van der Waals surface area contributed by atoms with Crippen LogP contribution in [-0.4, -0.2) is 38.7 Å². The number of carbonyl (C=O) groups is 2. The molecule has 2 aromatic carbocycles. The summed E-state index contributed by atoms with van der Waals surface area (Å²) in [5.74, 6) is -0.893. The van der Waals surface area contributed by atoms with Gasteiger partial charge in [0.25, 0.3) is 0 Å². The van der Waals surface area contributed by atoms with Crippen LogP contribution in [0.5, 0.6) is 0 Å². The summed E-state index contributed by atoms with van der Waals surface area (Å²) in [6, 6.07) is 17.6. The number of ether oxygens (including phenoxy) is 1. The van der Waals surface area contributed by atoms with E-state index in [-0.39, 0.29) is 34.2 Å². The molecule has 0 saturated heterocycles. The first-order valence-electron chi connectivity index (χ1n) is 15.1. The summed E-state index contributed by atoms with van der Waals surface area (Å²) < 4.78 is 8.82. The third-order valence-electron chi connectivity index (χ3n) is 7.44. The molecule has 0 spiro atoms. The minimum atomic E-state index is -1.98. The Hall–Kier alpha value is -1.86. The van der Waals surface area contributed by atoms with Crippen LogP contribution in [0.3, 0.4) is 0 Å². The molecule has 0 fully saturated rings. The van der Waals surface area contributed by atoms with Gasteiger partial charge in [0, 0.05) is 18.8 Å². The third-order valence-corrected chi connectivity index (χ3v) is 12.4. The fraction of sp³-hybridized carbons (Fsp3) is 0.588. The molecular formula is C34H50O5Sn.